The van der Waals surface area contributed by atoms with Crippen molar-refractivity contribution < 1.29 is 38.1 Å². The highest BCUT2D eigenvalue weighted by Crippen LogP contribution is 2.35. The van der Waals surface area contributed by atoms with Crippen LogP contribution in [0.5, 0.6) is 23.0 Å². The molecule has 0 aliphatic rings. The SMILES string of the molecule is C=C(C)C(=O)Oc1ccc(/C(C)=C/C(=O)Oc2ccc(-c3ccc(OC(=O)C(=C)C)cc3)c(OC(=O)/C(C)=C/C)c2)cc1. The van der Waals surface area contributed by atoms with Crippen molar-refractivity contribution in [2.45, 2.75) is 34.6 Å². The molecule has 0 unspecified atom stereocenters. The molecule has 0 amide bonds. The van der Waals surface area contributed by atoms with E-state index < -0.39 is 23.9 Å². The van der Waals surface area contributed by atoms with E-state index in [1.165, 1.54) is 12.1 Å². The summed E-state index contributed by atoms with van der Waals surface area (Å²) in [6, 6.07) is 18.0. The van der Waals surface area contributed by atoms with Gasteiger partial charge in [0.05, 0.1) is 0 Å². The molecule has 0 saturated carbocycles. The number of carbonyl (C=O) groups excluding carboxylic acids is 4. The second kappa shape index (κ2) is 14.4. The van der Waals surface area contributed by atoms with E-state index in [-0.39, 0.29) is 22.6 Å². The molecule has 0 fully saturated rings. The number of carbonyl (C=O) groups is 4. The molecular weight excluding hydrogens is 548 g/mol. The summed E-state index contributed by atoms with van der Waals surface area (Å²) in [6.07, 6.45) is 2.95. The van der Waals surface area contributed by atoms with Crippen molar-refractivity contribution in [3.63, 3.8) is 0 Å². The standard InChI is InChI=1S/C35H32O8/c1-8-23(6)35(39)43-31-20-29(17-18-30(31)26-11-15-28(16-12-26)42-34(38)22(4)5)40-32(36)19-24(7)25-9-13-27(14-10-25)41-33(37)21(2)3/h8-20H,2,4H2,1,3,5-7H3/b23-8+,24-19+. The van der Waals surface area contributed by atoms with Crippen LogP contribution in [0.15, 0.2) is 109 Å². The predicted molar refractivity (Wildman–Crippen MR) is 164 cm³/mol. The fourth-order valence-corrected chi connectivity index (χ4v) is 3.47. The minimum Gasteiger partial charge on any atom is -0.423 e. The van der Waals surface area contributed by atoms with Crippen LogP contribution in [-0.2, 0) is 19.2 Å². The van der Waals surface area contributed by atoms with Crippen molar-refractivity contribution in [2.75, 3.05) is 0 Å². The summed E-state index contributed by atoms with van der Waals surface area (Å²) in [6.45, 7) is 15.3. The van der Waals surface area contributed by atoms with Crippen LogP contribution in [0, 0.1) is 0 Å². The van der Waals surface area contributed by atoms with Crippen molar-refractivity contribution in [2.24, 2.45) is 0 Å². The Labute approximate surface area is 250 Å². The van der Waals surface area contributed by atoms with Gasteiger partial charge in [0.15, 0.2) is 0 Å². The molecule has 0 radical (unpaired) electrons. The van der Waals surface area contributed by atoms with Gasteiger partial charge in [-0.25, -0.2) is 19.2 Å². The summed E-state index contributed by atoms with van der Waals surface area (Å²) in [7, 11) is 0. The Balaban J connectivity index is 1.83. The molecule has 43 heavy (non-hydrogen) atoms. The lowest BCUT2D eigenvalue weighted by Crippen LogP contribution is -2.10. The zero-order valence-corrected chi connectivity index (χ0v) is 24.7. The van der Waals surface area contributed by atoms with E-state index in [1.54, 1.807) is 101 Å². The van der Waals surface area contributed by atoms with Crippen LogP contribution >= 0.6 is 0 Å². The van der Waals surface area contributed by atoms with Crippen molar-refractivity contribution in [1.82, 2.24) is 0 Å². The summed E-state index contributed by atoms with van der Waals surface area (Å²) in [5.41, 5.74) is 3.50. The maximum absolute atomic E-state index is 12.8. The minimum absolute atomic E-state index is 0.160. The molecule has 0 atom stereocenters. The summed E-state index contributed by atoms with van der Waals surface area (Å²) >= 11 is 0. The van der Waals surface area contributed by atoms with Crippen LogP contribution in [0.1, 0.15) is 40.2 Å². The van der Waals surface area contributed by atoms with Crippen molar-refractivity contribution in [1.29, 1.82) is 0 Å². The summed E-state index contributed by atoms with van der Waals surface area (Å²) in [4.78, 5) is 48.9. The Kier molecular flexibility index (Phi) is 10.7. The van der Waals surface area contributed by atoms with Gasteiger partial charge in [0.25, 0.3) is 0 Å². The predicted octanol–water partition coefficient (Wildman–Crippen LogP) is 7.20. The quantitative estimate of drug-likeness (QED) is 0.141. The smallest absolute Gasteiger partial charge is 0.338 e. The number of allylic oxidation sites excluding steroid dienone is 2. The molecule has 8 heteroatoms. The molecule has 0 spiro atoms. The highest BCUT2D eigenvalue weighted by Gasteiger charge is 2.16. The van der Waals surface area contributed by atoms with E-state index in [4.69, 9.17) is 18.9 Å². The first-order chi connectivity index (χ1) is 20.4. The molecule has 0 aliphatic heterocycles. The monoisotopic (exact) mass is 580 g/mol. The van der Waals surface area contributed by atoms with Crippen LogP contribution in [-0.4, -0.2) is 23.9 Å². The Hall–Kier alpha value is -5.50. The lowest BCUT2D eigenvalue weighted by Gasteiger charge is -2.13. The summed E-state index contributed by atoms with van der Waals surface area (Å²) in [5, 5.41) is 0. The maximum atomic E-state index is 12.8. The van der Waals surface area contributed by atoms with E-state index in [9.17, 15) is 19.2 Å². The fraction of sp³-hybridized carbons (Fsp3) is 0.143. The van der Waals surface area contributed by atoms with Crippen LogP contribution in [0.3, 0.4) is 0 Å². The molecule has 0 N–H and O–H groups in total. The van der Waals surface area contributed by atoms with Gasteiger partial charge < -0.3 is 18.9 Å². The highest BCUT2D eigenvalue weighted by atomic mass is 16.6. The van der Waals surface area contributed by atoms with Crippen LogP contribution in [0.25, 0.3) is 16.7 Å². The van der Waals surface area contributed by atoms with Crippen molar-refractivity contribution in [3.05, 3.63) is 114 Å². The number of esters is 4. The van der Waals surface area contributed by atoms with Gasteiger partial charge in [0, 0.05) is 34.4 Å². The lowest BCUT2D eigenvalue weighted by atomic mass is 10.0. The number of hydrogen-bond acceptors (Lipinski definition) is 8. The van der Waals surface area contributed by atoms with E-state index >= 15 is 0 Å². The van der Waals surface area contributed by atoms with E-state index in [0.29, 0.717) is 33.8 Å². The van der Waals surface area contributed by atoms with Gasteiger partial charge in [-0.3, -0.25) is 0 Å². The topological polar surface area (TPSA) is 105 Å². The third-order valence-corrected chi connectivity index (χ3v) is 6.06. The average Bonchev–Trinajstić information content (AvgIpc) is 2.97. The van der Waals surface area contributed by atoms with Crippen LogP contribution in [0.4, 0.5) is 0 Å². The number of hydrogen-bond donors (Lipinski definition) is 0. The summed E-state index contributed by atoms with van der Waals surface area (Å²) < 4.78 is 21.6. The van der Waals surface area contributed by atoms with Gasteiger partial charge in [0.1, 0.15) is 23.0 Å². The van der Waals surface area contributed by atoms with E-state index in [0.717, 1.165) is 5.56 Å². The van der Waals surface area contributed by atoms with E-state index in [2.05, 4.69) is 13.2 Å². The normalized spacial score (nSPS) is 11.3. The van der Waals surface area contributed by atoms with Crippen LogP contribution in [0.2, 0.25) is 0 Å². The average molecular weight is 581 g/mol. The zero-order valence-electron chi connectivity index (χ0n) is 24.7. The second-order valence-electron chi connectivity index (χ2n) is 9.66. The van der Waals surface area contributed by atoms with Gasteiger partial charge in [0.2, 0.25) is 0 Å². The lowest BCUT2D eigenvalue weighted by molar-refractivity contribution is -0.131. The van der Waals surface area contributed by atoms with Crippen molar-refractivity contribution >= 4 is 29.5 Å². The molecule has 0 aliphatic carbocycles. The summed E-state index contributed by atoms with van der Waals surface area (Å²) in [5.74, 6) is -1.26. The molecule has 220 valence electrons. The zero-order chi connectivity index (χ0) is 31.7. The van der Waals surface area contributed by atoms with E-state index in [1.807, 2.05) is 0 Å². The van der Waals surface area contributed by atoms with Crippen LogP contribution < -0.4 is 18.9 Å². The first-order valence-electron chi connectivity index (χ1n) is 13.2. The Morgan fingerprint density at radius 1 is 0.628 bits per heavy atom. The maximum Gasteiger partial charge on any atom is 0.338 e. The molecule has 0 aromatic heterocycles. The highest BCUT2D eigenvalue weighted by molar-refractivity contribution is 5.93. The molecular formula is C35H32O8. The number of benzene rings is 3. The van der Waals surface area contributed by atoms with Gasteiger partial charge in [-0.1, -0.05) is 43.5 Å². The first kappa shape index (κ1) is 32.0. The van der Waals surface area contributed by atoms with Gasteiger partial charge >= 0.3 is 23.9 Å². The largest absolute Gasteiger partial charge is 0.423 e. The van der Waals surface area contributed by atoms with Crippen molar-refractivity contribution in [3.8, 4) is 34.1 Å². The Morgan fingerprint density at radius 3 is 1.65 bits per heavy atom. The Morgan fingerprint density at radius 2 is 1.14 bits per heavy atom. The van der Waals surface area contributed by atoms with Gasteiger partial charge in [-0.2, -0.15) is 0 Å². The Bertz CT molecular complexity index is 1640. The van der Waals surface area contributed by atoms with Gasteiger partial charge in [-0.05, 0) is 87.7 Å². The minimum atomic E-state index is -0.645. The molecule has 3 aromatic carbocycles. The molecule has 0 saturated heterocycles. The molecule has 8 nitrogen and oxygen atoms in total. The molecule has 0 heterocycles. The molecule has 3 aromatic rings. The number of rotatable bonds is 10. The fourth-order valence-electron chi connectivity index (χ4n) is 3.47. The number of ether oxygens (including phenoxy) is 4. The molecule has 0 bridgehead atoms. The third-order valence-electron chi connectivity index (χ3n) is 6.06. The van der Waals surface area contributed by atoms with Gasteiger partial charge in [-0.15, -0.1) is 0 Å². The second-order valence-corrected chi connectivity index (χ2v) is 9.66. The third kappa shape index (κ3) is 8.99. The first-order valence-corrected chi connectivity index (χ1v) is 13.2. The molecule has 3 rings (SSSR count).